The molecule has 0 aromatic rings. The van der Waals surface area contributed by atoms with E-state index >= 15 is 0 Å². The van der Waals surface area contributed by atoms with E-state index in [1.807, 2.05) is 34.6 Å². The van der Waals surface area contributed by atoms with E-state index in [2.05, 4.69) is 26.1 Å². The van der Waals surface area contributed by atoms with Gasteiger partial charge in [0.05, 0.1) is 39.2 Å². The van der Waals surface area contributed by atoms with E-state index in [9.17, 15) is 48.9 Å². The Morgan fingerprint density at radius 3 is 1.64 bits per heavy atom. The van der Waals surface area contributed by atoms with E-state index in [0.717, 1.165) is 57.1 Å². The number of thioether (sulfide) groups is 3. The molecule has 21 heteroatoms. The van der Waals surface area contributed by atoms with Crippen molar-refractivity contribution in [2.24, 2.45) is 76.2 Å². The summed E-state index contributed by atoms with van der Waals surface area (Å²) in [5, 5.41) is 36.4. The molecule has 3 unspecified atom stereocenters. The lowest BCUT2D eigenvalue weighted by Gasteiger charge is -2.51. The average Bonchev–Trinajstić information content (AvgIpc) is 4.15. The highest BCUT2D eigenvalue weighted by molar-refractivity contribution is 8.00. The second kappa shape index (κ2) is 23.5. The molecule has 6 N–H and O–H groups in total. The van der Waals surface area contributed by atoms with Crippen molar-refractivity contribution in [3.05, 3.63) is 0 Å². The van der Waals surface area contributed by atoms with Gasteiger partial charge in [-0.15, -0.1) is 0 Å². The van der Waals surface area contributed by atoms with Crippen LogP contribution in [-0.2, 0) is 62.0 Å². The molecule has 1 amide bonds. The number of hydrogen-bond donors (Lipinski definition) is 5. The van der Waals surface area contributed by atoms with Gasteiger partial charge >= 0.3 is 35.8 Å². The van der Waals surface area contributed by atoms with Gasteiger partial charge in [-0.2, -0.15) is 35.3 Å². The number of nitrogens with one attached hydrogen (secondary N) is 1. The monoisotopic (exact) mass is 1110 g/mol. The lowest BCUT2D eigenvalue weighted by molar-refractivity contribution is -0.148. The zero-order chi connectivity index (χ0) is 55.3. The summed E-state index contributed by atoms with van der Waals surface area (Å²) in [6.45, 7) is 15.8. The molecule has 9 rings (SSSR count). The van der Waals surface area contributed by atoms with E-state index in [-0.39, 0.29) is 104 Å². The molecule has 6 aliphatic carbocycles. The van der Waals surface area contributed by atoms with Gasteiger partial charge in [0.1, 0.15) is 58.9 Å². The van der Waals surface area contributed by atoms with Crippen LogP contribution in [0.15, 0.2) is 0 Å². The minimum atomic E-state index is -1.18. The van der Waals surface area contributed by atoms with Gasteiger partial charge in [0, 0.05) is 32.7 Å². The van der Waals surface area contributed by atoms with Gasteiger partial charge in [-0.05, 0) is 105 Å². The molecule has 9 fully saturated rings. The van der Waals surface area contributed by atoms with Crippen molar-refractivity contribution in [2.75, 3.05) is 38.6 Å². The summed E-state index contributed by atoms with van der Waals surface area (Å²) in [5.41, 5.74) is 2.41. The topological polar surface area (TPSA) is 274 Å². The minimum absolute atomic E-state index is 0.00366. The normalized spacial score (nSPS) is 41.9. The van der Waals surface area contributed by atoms with Gasteiger partial charge in [0.15, 0.2) is 0 Å². The Morgan fingerprint density at radius 2 is 1.12 bits per heavy atom. The standard InChI is InChI=1S/C21H34N2O6S.C17H26O5S.C16H24O5S/c1-10(2)15(22)17(24)23-12(18(25)28-5)9-30-16-11(3)8-20(4)7-6-13-21(20,27)14(16)19(26)29-13;1-9(15(18)21-3)6-7-23-14-10(2)8-11-4-5-12-17(11,20)13(14)16(19)22-12;1-8-6-10-4-5-11-16(10,19)12(15(18)21-11)13(8)22-7-9(2)14(17)20-3/h10-16,27H,6-9,22H2,1-5H3,(H,23,24);9-14,20H,4-8H2,1-3H3;8-13,19H,4-7H2,1-3H3/t11-,12-,13+,14?,15-,16+,20+,21+;9-,10-,11+,12+,13?,14+,17+;8-,9-,10+,11+,12?,13+,16+/m000/s1. The number of hydrogen-bond acceptors (Lipinski definition) is 20. The number of carbonyl (C=O) groups is 7. The van der Waals surface area contributed by atoms with Crippen molar-refractivity contribution in [3.63, 3.8) is 0 Å². The van der Waals surface area contributed by atoms with Crippen molar-refractivity contribution in [1.29, 1.82) is 0 Å². The number of nitrogens with two attached hydrogens (primary N) is 1. The predicted molar refractivity (Wildman–Crippen MR) is 282 cm³/mol. The molecule has 3 aliphatic heterocycles. The molecule has 75 heavy (non-hydrogen) atoms. The maximum Gasteiger partial charge on any atom is 0.329 e. The van der Waals surface area contributed by atoms with Crippen LogP contribution in [0.5, 0.6) is 0 Å². The highest BCUT2D eigenvalue weighted by Gasteiger charge is 2.74. The van der Waals surface area contributed by atoms with E-state index < -0.39 is 64.6 Å². The predicted octanol–water partition coefficient (Wildman–Crippen LogP) is 4.47. The van der Waals surface area contributed by atoms with Crippen molar-refractivity contribution in [1.82, 2.24) is 5.32 Å². The Hall–Kier alpha value is -2.82. The van der Waals surface area contributed by atoms with Crippen molar-refractivity contribution < 1.29 is 77.3 Å². The molecule has 0 spiro atoms. The number of rotatable bonds is 16. The molecule has 3 heterocycles. The van der Waals surface area contributed by atoms with Crippen molar-refractivity contribution >= 4 is 77.0 Å². The fourth-order valence-electron chi connectivity index (χ4n) is 14.7. The van der Waals surface area contributed by atoms with E-state index in [1.165, 1.54) is 33.1 Å². The fraction of sp³-hybridized carbons (Fsp3) is 0.870. The Kier molecular flexibility index (Phi) is 18.7. The summed E-state index contributed by atoms with van der Waals surface area (Å²) in [7, 11) is 4.06. The minimum Gasteiger partial charge on any atom is -0.469 e. The molecule has 0 aromatic carbocycles. The zero-order valence-electron chi connectivity index (χ0n) is 45.6. The fourth-order valence-corrected chi connectivity index (χ4v) is 19.6. The van der Waals surface area contributed by atoms with Crippen LogP contribution in [0.3, 0.4) is 0 Å². The summed E-state index contributed by atoms with van der Waals surface area (Å²) >= 11 is 4.72. The summed E-state index contributed by atoms with van der Waals surface area (Å²) in [4.78, 5) is 85.1. The van der Waals surface area contributed by atoms with Crippen LogP contribution >= 0.6 is 35.3 Å². The Morgan fingerprint density at radius 1 is 0.653 bits per heavy atom. The molecule has 6 saturated carbocycles. The molecular formula is C54H84N2O16S3. The van der Waals surface area contributed by atoms with Crippen molar-refractivity contribution in [2.45, 2.75) is 183 Å². The first-order valence-electron chi connectivity index (χ1n) is 27.2. The van der Waals surface area contributed by atoms with E-state index in [4.69, 9.17) is 34.2 Å². The number of carbonyl (C=O) groups excluding carboxylic acids is 7. The molecule has 18 nitrogen and oxygen atoms in total. The zero-order valence-corrected chi connectivity index (χ0v) is 48.1. The second-order valence-corrected chi connectivity index (χ2v) is 27.7. The molecule has 22 atom stereocenters. The highest BCUT2D eigenvalue weighted by atomic mass is 32.2. The summed E-state index contributed by atoms with van der Waals surface area (Å²) in [5.74, 6) is -1.43. The van der Waals surface area contributed by atoms with Gasteiger partial charge in [-0.25, -0.2) is 4.79 Å². The van der Waals surface area contributed by atoms with Crippen LogP contribution in [0.1, 0.15) is 120 Å². The summed E-state index contributed by atoms with van der Waals surface area (Å²) in [6, 6.07) is -1.62. The van der Waals surface area contributed by atoms with E-state index in [1.54, 1.807) is 23.5 Å². The molecule has 0 radical (unpaired) electrons. The Bertz CT molecular complexity index is 2160. The number of esters is 6. The number of aliphatic hydroxyl groups is 3. The molecular weight excluding hydrogens is 1030 g/mol. The summed E-state index contributed by atoms with van der Waals surface area (Å²) in [6.07, 6.45) is 7.20. The maximum absolute atomic E-state index is 12.7. The average molecular weight is 1110 g/mol. The van der Waals surface area contributed by atoms with E-state index in [0.29, 0.717) is 30.4 Å². The number of amides is 1. The van der Waals surface area contributed by atoms with Crippen LogP contribution in [-0.4, -0.2) is 159 Å². The van der Waals surface area contributed by atoms with Gasteiger partial charge in [-0.3, -0.25) is 28.8 Å². The van der Waals surface area contributed by atoms with Crippen LogP contribution in [0.4, 0.5) is 0 Å². The third kappa shape index (κ3) is 10.9. The number of ether oxygens (including phenoxy) is 6. The second-order valence-electron chi connectivity index (χ2n) is 24.0. The first kappa shape index (κ1) is 59.8. The molecule has 3 saturated heterocycles. The third-order valence-corrected chi connectivity index (χ3v) is 24.0. The Balaban J connectivity index is 0.000000167. The lowest BCUT2D eigenvalue weighted by atomic mass is 9.58. The smallest absolute Gasteiger partial charge is 0.329 e. The van der Waals surface area contributed by atoms with Crippen LogP contribution in [0, 0.1) is 70.5 Å². The van der Waals surface area contributed by atoms with Crippen LogP contribution in [0.2, 0.25) is 0 Å². The Labute approximate surface area is 454 Å². The first-order chi connectivity index (χ1) is 35.2. The first-order valence-corrected chi connectivity index (χ1v) is 30.3. The molecule has 9 aliphatic rings. The van der Waals surface area contributed by atoms with Crippen molar-refractivity contribution in [3.8, 4) is 0 Å². The van der Waals surface area contributed by atoms with Gasteiger partial charge in [-0.1, -0.05) is 55.4 Å². The van der Waals surface area contributed by atoms with Gasteiger partial charge < -0.3 is 54.8 Å². The highest BCUT2D eigenvalue weighted by Crippen LogP contribution is 2.65. The van der Waals surface area contributed by atoms with Crippen LogP contribution < -0.4 is 11.1 Å². The summed E-state index contributed by atoms with van der Waals surface area (Å²) < 4.78 is 30.9. The molecule has 424 valence electrons. The lowest BCUT2D eigenvalue weighted by Crippen LogP contribution is -2.60. The maximum atomic E-state index is 12.7. The van der Waals surface area contributed by atoms with Gasteiger partial charge in [0.2, 0.25) is 5.91 Å². The molecule has 0 bridgehead atoms. The van der Waals surface area contributed by atoms with Crippen LogP contribution in [0.25, 0.3) is 0 Å². The molecule has 0 aromatic heterocycles. The SMILES string of the molecule is COC(=O)[C@@H](C)CCS[C@H]1C2C(=O)O[C@@H]3CC[C@H](C[C@@H]1C)[C@]23O.COC(=O)[C@@H](C)CS[C@H]1C2C(=O)O[C@@H]3CC[C@H](C[C@@H]1C)[C@]23O.COC(=O)[C@H](CS[C@H]1C2C(=O)O[C@@H]3CC[C@](C)(C[C@@H]1C)[C@]23O)NC(=O)[C@@H](N)C(C)C. The van der Waals surface area contributed by atoms with Gasteiger partial charge in [0.25, 0.3) is 0 Å². The third-order valence-electron chi connectivity index (χ3n) is 19.0. The number of methoxy groups -OCH3 is 3. The largest absolute Gasteiger partial charge is 0.469 e. The quantitative estimate of drug-likeness (QED) is 0.105.